The molecule has 12 heteroatoms. The summed E-state index contributed by atoms with van der Waals surface area (Å²) in [6.07, 6.45) is 0.845. The van der Waals surface area contributed by atoms with Gasteiger partial charge in [-0.3, -0.25) is 14.1 Å². The summed E-state index contributed by atoms with van der Waals surface area (Å²) in [6, 6.07) is 13.7. The van der Waals surface area contributed by atoms with Crippen LogP contribution in [0.4, 0.5) is 5.69 Å². The molecule has 3 rings (SSSR count). The van der Waals surface area contributed by atoms with Gasteiger partial charge in [0.05, 0.1) is 18.2 Å². The zero-order chi connectivity index (χ0) is 31.5. The first-order valence-electron chi connectivity index (χ1n) is 14.2. The molecule has 0 spiro atoms. The largest absolute Gasteiger partial charge is 0.493 e. The number of nitrogens with one attached hydrogen (secondary N) is 1. The van der Waals surface area contributed by atoms with Crippen molar-refractivity contribution in [1.82, 2.24) is 14.7 Å². The van der Waals surface area contributed by atoms with E-state index in [1.807, 2.05) is 30.3 Å². The van der Waals surface area contributed by atoms with Crippen molar-refractivity contribution in [2.24, 2.45) is 11.8 Å². The third kappa shape index (κ3) is 9.53. The molecule has 0 saturated carbocycles. The van der Waals surface area contributed by atoms with E-state index >= 15 is 0 Å². The molecule has 2 atom stereocenters. The first-order chi connectivity index (χ1) is 20.5. The molecule has 2 aromatic carbocycles. The Kier molecular flexibility index (Phi) is 12.5. The number of hydrogen-bond donors (Lipinski definition) is 3. The minimum absolute atomic E-state index is 0.110. The summed E-state index contributed by atoms with van der Waals surface area (Å²) in [6.45, 7) is 9.86. The summed E-state index contributed by atoms with van der Waals surface area (Å²) in [5, 5.41) is 22.7. The minimum Gasteiger partial charge on any atom is -0.493 e. The fraction of sp³-hybridized carbons (Fsp3) is 0.452. The maximum Gasteiger partial charge on any atom is 0.323 e. The Hall–Kier alpha value is -3.94. The van der Waals surface area contributed by atoms with E-state index in [0.717, 1.165) is 22.1 Å². The maximum atomic E-state index is 12.7. The van der Waals surface area contributed by atoms with Crippen LogP contribution >= 0.6 is 0 Å². The Balaban J connectivity index is 1.69. The molecule has 11 nitrogen and oxygen atoms in total. The average Bonchev–Trinajstić information content (AvgIpc) is 2.97. The van der Waals surface area contributed by atoms with Crippen molar-refractivity contribution in [3.63, 3.8) is 0 Å². The molecule has 2 aromatic rings. The van der Waals surface area contributed by atoms with Gasteiger partial charge in [-0.1, -0.05) is 39.5 Å². The molecule has 43 heavy (non-hydrogen) atoms. The molecular formula is C31H39N5O6S. The van der Waals surface area contributed by atoms with Crippen LogP contribution in [0.1, 0.15) is 55.6 Å². The lowest BCUT2D eigenvalue weighted by Crippen LogP contribution is -2.60. The van der Waals surface area contributed by atoms with Crippen molar-refractivity contribution in [3.05, 3.63) is 59.2 Å². The molecule has 1 fully saturated rings. The molecule has 1 aliphatic heterocycles. The molecule has 1 heterocycles. The highest BCUT2D eigenvalue weighted by Crippen LogP contribution is 2.23. The number of amides is 1. The molecule has 1 aliphatic rings. The number of carboxylic acid groups (broad SMARTS) is 1. The van der Waals surface area contributed by atoms with Crippen LogP contribution in [0.15, 0.2) is 42.5 Å². The van der Waals surface area contributed by atoms with E-state index in [1.54, 1.807) is 37.1 Å². The van der Waals surface area contributed by atoms with Gasteiger partial charge in [-0.2, -0.15) is 5.26 Å². The maximum absolute atomic E-state index is 12.7. The van der Waals surface area contributed by atoms with E-state index in [1.165, 1.54) is 0 Å². The molecular weight excluding hydrogens is 570 g/mol. The van der Waals surface area contributed by atoms with E-state index in [2.05, 4.69) is 35.9 Å². The van der Waals surface area contributed by atoms with Crippen LogP contribution in [0.25, 0.3) is 0 Å². The number of anilines is 1. The first-order valence-corrected chi connectivity index (χ1v) is 15.2. The molecule has 0 aromatic heterocycles. The second kappa shape index (κ2) is 16.1. The van der Waals surface area contributed by atoms with Crippen molar-refractivity contribution in [2.45, 2.75) is 40.2 Å². The summed E-state index contributed by atoms with van der Waals surface area (Å²) in [4.78, 5) is 26.6. The van der Waals surface area contributed by atoms with Crippen LogP contribution < -0.4 is 15.0 Å². The lowest BCUT2D eigenvalue weighted by Gasteiger charge is -2.42. The van der Waals surface area contributed by atoms with E-state index in [9.17, 15) is 23.5 Å². The number of ether oxygens (including phenoxy) is 1. The number of carbonyl (C=O) groups is 2. The van der Waals surface area contributed by atoms with E-state index < -0.39 is 29.2 Å². The Bertz CT molecular complexity index is 1390. The highest BCUT2D eigenvalue weighted by atomic mass is 32.2. The molecule has 0 bridgehead atoms. The number of hydrazine groups is 1. The summed E-state index contributed by atoms with van der Waals surface area (Å²) >= 11 is -2.46. The fourth-order valence-corrected chi connectivity index (χ4v) is 5.48. The monoisotopic (exact) mass is 609 g/mol. The molecule has 2 unspecified atom stereocenters. The summed E-state index contributed by atoms with van der Waals surface area (Å²) in [7, 11) is 0. The number of nitriles is 1. The van der Waals surface area contributed by atoms with Crippen LogP contribution in [-0.4, -0.2) is 80.5 Å². The molecule has 1 amide bonds. The van der Waals surface area contributed by atoms with Crippen molar-refractivity contribution in [3.8, 4) is 23.7 Å². The third-order valence-electron chi connectivity index (χ3n) is 6.91. The van der Waals surface area contributed by atoms with Gasteiger partial charge in [0.25, 0.3) is 5.91 Å². The van der Waals surface area contributed by atoms with Gasteiger partial charge in [0.2, 0.25) is 11.3 Å². The van der Waals surface area contributed by atoms with Gasteiger partial charge in [-0.25, -0.2) is 9.22 Å². The van der Waals surface area contributed by atoms with Gasteiger partial charge >= 0.3 is 5.97 Å². The number of aliphatic carboxylic acids is 1. The van der Waals surface area contributed by atoms with Crippen LogP contribution in [-0.2, 0) is 16.1 Å². The predicted molar refractivity (Wildman–Crippen MR) is 164 cm³/mol. The standard InChI is InChI=1S/C31H39N5O6S/c1-22(2)13-20-42-28-12-9-25(21-27(28)30(37)33-15-14-32)6-5-24-7-10-26(11-8-24)34-16-18-35(19-17-34)36(43(40)41)29(23(3)4)31(38)39/h7-12,21-23,29H,13,15-20H2,1-4H3,(H,33,37)(H,38,39)(H,40,41). The second-order valence-electron chi connectivity index (χ2n) is 10.9. The quantitative estimate of drug-likeness (QED) is 0.187. The molecule has 3 N–H and O–H groups in total. The number of carboxylic acids is 1. The van der Waals surface area contributed by atoms with Crippen LogP contribution in [0, 0.1) is 35.0 Å². The van der Waals surface area contributed by atoms with Gasteiger partial charge in [0.1, 0.15) is 18.3 Å². The van der Waals surface area contributed by atoms with Gasteiger partial charge in [0.15, 0.2) is 0 Å². The summed E-state index contributed by atoms with van der Waals surface area (Å²) in [5.74, 6) is 5.23. The SMILES string of the molecule is CC(C)CCOc1ccc(C#Cc2ccc(N3CCN(N(C(C(=O)O)C(C)C)S(=O)O)CC3)cc2)cc1C(=O)NCC#N. The topological polar surface area (TPSA) is 146 Å². The Labute approximate surface area is 255 Å². The number of nitrogens with zero attached hydrogens (tertiary/aromatic N) is 4. The van der Waals surface area contributed by atoms with E-state index in [0.29, 0.717) is 55.6 Å². The molecule has 0 radical (unpaired) electrons. The van der Waals surface area contributed by atoms with Crippen molar-refractivity contribution < 1.29 is 28.2 Å². The van der Waals surface area contributed by atoms with E-state index in [4.69, 9.17) is 10.00 Å². The third-order valence-corrected chi connectivity index (χ3v) is 7.68. The van der Waals surface area contributed by atoms with Gasteiger partial charge in [-0.15, -0.1) is 4.41 Å². The van der Waals surface area contributed by atoms with Gasteiger partial charge < -0.3 is 20.1 Å². The molecule has 230 valence electrons. The molecule has 1 saturated heterocycles. The zero-order valence-corrected chi connectivity index (χ0v) is 25.8. The van der Waals surface area contributed by atoms with Gasteiger partial charge in [-0.05, 0) is 60.7 Å². The zero-order valence-electron chi connectivity index (χ0n) is 24.9. The summed E-state index contributed by atoms with van der Waals surface area (Å²) in [5.41, 5.74) is 2.69. The highest BCUT2D eigenvalue weighted by Gasteiger charge is 2.38. The Morgan fingerprint density at radius 1 is 1.05 bits per heavy atom. The van der Waals surface area contributed by atoms with Gasteiger partial charge in [0, 0.05) is 43.0 Å². The number of benzene rings is 2. The molecule has 0 aliphatic carbocycles. The number of carbonyl (C=O) groups excluding carboxylic acids is 1. The van der Waals surface area contributed by atoms with Crippen LogP contribution in [0.5, 0.6) is 5.75 Å². The number of rotatable bonds is 12. The normalized spacial score (nSPS) is 15.0. The van der Waals surface area contributed by atoms with Crippen molar-refractivity contribution in [2.75, 3.05) is 44.2 Å². The summed E-state index contributed by atoms with van der Waals surface area (Å²) < 4.78 is 28.8. The number of hydrogen-bond acceptors (Lipinski definition) is 7. The average molecular weight is 610 g/mol. The highest BCUT2D eigenvalue weighted by molar-refractivity contribution is 7.76. The Morgan fingerprint density at radius 3 is 2.23 bits per heavy atom. The van der Waals surface area contributed by atoms with E-state index in [-0.39, 0.29) is 12.5 Å². The van der Waals surface area contributed by atoms with Crippen LogP contribution in [0.3, 0.4) is 0 Å². The second-order valence-corrected chi connectivity index (χ2v) is 11.7. The first kappa shape index (κ1) is 33.6. The minimum atomic E-state index is -2.46. The van der Waals surface area contributed by atoms with Crippen molar-refractivity contribution >= 4 is 28.8 Å². The lowest BCUT2D eigenvalue weighted by molar-refractivity contribution is -0.148. The smallest absolute Gasteiger partial charge is 0.323 e. The Morgan fingerprint density at radius 2 is 1.67 bits per heavy atom. The van der Waals surface area contributed by atoms with Crippen molar-refractivity contribution in [1.29, 1.82) is 5.26 Å². The fourth-order valence-electron chi connectivity index (χ4n) is 4.59. The van der Waals surface area contributed by atoms with Crippen LogP contribution in [0.2, 0.25) is 0 Å². The number of piperazine rings is 1. The predicted octanol–water partition coefficient (Wildman–Crippen LogP) is 3.35. The lowest BCUT2D eigenvalue weighted by atomic mass is 10.1.